The molecule has 0 spiro atoms. The molecule has 5 N–H and O–H groups in total. The molecule has 0 aromatic heterocycles. The summed E-state index contributed by atoms with van der Waals surface area (Å²) < 4.78 is 0. The molecule has 0 radical (unpaired) electrons. The third kappa shape index (κ3) is 8.12. The summed E-state index contributed by atoms with van der Waals surface area (Å²) in [7, 11) is 1.65. The van der Waals surface area contributed by atoms with Crippen LogP contribution in [-0.2, 0) is 20.8 Å². The highest BCUT2D eigenvalue weighted by molar-refractivity contribution is 8.16. The number of likely N-dealkylation sites (N-methyl/N-ethyl adjacent to an activating group) is 1. The molecular weight excluding hydrogens is 438 g/mol. The number of hydrogen-bond donors (Lipinski definition) is 3. The molecule has 0 aliphatic heterocycles. The number of anilines is 1. The fraction of sp³-hybridized carbons (Fsp3) is 0.250. The maximum Gasteiger partial charge on any atom is 0.260 e. The molecule has 174 valence electrons. The molecule has 0 unspecified atom stereocenters. The Kier molecular flexibility index (Phi) is 10.2. The lowest BCUT2D eigenvalue weighted by atomic mass is 10.1. The number of carbonyl (C=O) groups excluding carboxylic acids is 3. The van der Waals surface area contributed by atoms with Gasteiger partial charge in [0, 0.05) is 31.3 Å². The van der Waals surface area contributed by atoms with Gasteiger partial charge in [-0.3, -0.25) is 14.4 Å². The lowest BCUT2D eigenvalue weighted by molar-refractivity contribution is -0.125. The summed E-state index contributed by atoms with van der Waals surface area (Å²) in [6.07, 6.45) is 3.31. The second kappa shape index (κ2) is 13.1. The molecule has 0 saturated carbocycles. The van der Waals surface area contributed by atoms with Crippen molar-refractivity contribution in [3.8, 4) is 0 Å². The Hall–Kier alpha value is -3.59. The van der Waals surface area contributed by atoms with Crippen LogP contribution in [0.15, 0.2) is 58.5 Å². The van der Waals surface area contributed by atoms with Gasteiger partial charge in [0.2, 0.25) is 5.91 Å². The monoisotopic (exact) mass is 467 g/mol. The molecule has 0 fully saturated rings. The SMILES string of the molecule is CCc1ccc(/C=C(\SC=O)C(=O)N(C)CCCC(=O)Nc2cccc(/C(N)=N/N)c2)cc1. The Labute approximate surface area is 198 Å². The Morgan fingerprint density at radius 1 is 1.18 bits per heavy atom. The smallest absolute Gasteiger partial charge is 0.260 e. The number of hydrazone groups is 1. The molecule has 2 aromatic rings. The largest absolute Gasteiger partial charge is 0.382 e. The molecule has 0 aliphatic rings. The van der Waals surface area contributed by atoms with Crippen molar-refractivity contribution in [1.82, 2.24) is 4.90 Å². The van der Waals surface area contributed by atoms with Gasteiger partial charge in [0.05, 0.1) is 4.91 Å². The Bertz CT molecular complexity index is 1030. The molecule has 0 saturated heterocycles. The summed E-state index contributed by atoms with van der Waals surface area (Å²) >= 11 is 0.846. The Morgan fingerprint density at radius 2 is 1.91 bits per heavy atom. The van der Waals surface area contributed by atoms with Gasteiger partial charge in [-0.15, -0.1) is 0 Å². The maximum atomic E-state index is 12.8. The van der Waals surface area contributed by atoms with E-state index >= 15 is 0 Å². The molecule has 33 heavy (non-hydrogen) atoms. The van der Waals surface area contributed by atoms with Crippen LogP contribution >= 0.6 is 11.8 Å². The summed E-state index contributed by atoms with van der Waals surface area (Å²) in [6, 6.07) is 14.7. The van der Waals surface area contributed by atoms with E-state index in [-0.39, 0.29) is 24.1 Å². The van der Waals surface area contributed by atoms with E-state index in [0.717, 1.165) is 23.7 Å². The fourth-order valence-corrected chi connectivity index (χ4v) is 3.58. The average Bonchev–Trinajstić information content (AvgIpc) is 2.83. The van der Waals surface area contributed by atoms with Gasteiger partial charge >= 0.3 is 0 Å². The molecule has 2 aromatic carbocycles. The number of thioether (sulfide) groups is 1. The van der Waals surface area contributed by atoms with Crippen molar-refractivity contribution in [2.45, 2.75) is 26.2 Å². The van der Waals surface area contributed by atoms with Crippen molar-refractivity contribution in [2.24, 2.45) is 16.7 Å². The standard InChI is InChI=1S/C24H29N5O3S/c1-3-17-9-11-18(12-10-17)14-21(33-16-30)24(32)29(2)13-5-8-22(31)27-20-7-4-6-19(15-20)23(25)28-26/h4,6-7,9-12,14-16H,3,5,8,13,26H2,1-2H3,(H2,25,28)(H,27,31)/b21-14-. The number of nitrogens with one attached hydrogen (secondary N) is 1. The lowest BCUT2D eigenvalue weighted by Gasteiger charge is -2.18. The van der Waals surface area contributed by atoms with E-state index in [9.17, 15) is 14.4 Å². The highest BCUT2D eigenvalue weighted by atomic mass is 32.2. The quantitative estimate of drug-likeness (QED) is 0.116. The van der Waals surface area contributed by atoms with Gasteiger partial charge in [0.1, 0.15) is 5.84 Å². The molecule has 0 aliphatic carbocycles. The first-order valence-electron chi connectivity index (χ1n) is 10.5. The number of hydrogen-bond acceptors (Lipinski definition) is 6. The molecule has 2 rings (SSSR count). The normalized spacial score (nSPS) is 11.7. The van der Waals surface area contributed by atoms with Gasteiger partial charge in [-0.2, -0.15) is 5.10 Å². The van der Waals surface area contributed by atoms with Crippen molar-refractivity contribution in [3.05, 3.63) is 70.1 Å². The van der Waals surface area contributed by atoms with E-state index in [4.69, 9.17) is 11.6 Å². The summed E-state index contributed by atoms with van der Waals surface area (Å²) in [5, 5.41) is 6.24. The lowest BCUT2D eigenvalue weighted by Crippen LogP contribution is -2.29. The van der Waals surface area contributed by atoms with Crippen LogP contribution in [0.4, 0.5) is 5.69 Å². The zero-order chi connectivity index (χ0) is 24.2. The van der Waals surface area contributed by atoms with E-state index in [1.807, 2.05) is 24.3 Å². The van der Waals surface area contributed by atoms with Crippen LogP contribution < -0.4 is 16.9 Å². The Morgan fingerprint density at radius 3 is 2.55 bits per heavy atom. The molecular formula is C24H29N5O3S. The first-order chi connectivity index (χ1) is 15.9. The van der Waals surface area contributed by atoms with Crippen LogP contribution in [0, 0.1) is 0 Å². The Balaban J connectivity index is 1.91. The number of benzene rings is 2. The first-order valence-corrected chi connectivity index (χ1v) is 11.4. The topological polar surface area (TPSA) is 131 Å². The minimum atomic E-state index is -0.267. The van der Waals surface area contributed by atoms with Crippen molar-refractivity contribution in [1.29, 1.82) is 0 Å². The fourth-order valence-electron chi connectivity index (χ4n) is 3.02. The number of rotatable bonds is 11. The van der Waals surface area contributed by atoms with Crippen molar-refractivity contribution in [2.75, 3.05) is 18.9 Å². The van der Waals surface area contributed by atoms with Gasteiger partial charge < -0.3 is 21.8 Å². The third-order valence-electron chi connectivity index (χ3n) is 4.90. The van der Waals surface area contributed by atoms with E-state index < -0.39 is 0 Å². The van der Waals surface area contributed by atoms with E-state index in [0.29, 0.717) is 34.7 Å². The molecule has 0 heterocycles. The highest BCUT2D eigenvalue weighted by Crippen LogP contribution is 2.20. The first kappa shape index (κ1) is 25.7. The second-order valence-corrected chi connectivity index (χ2v) is 8.16. The molecule has 0 atom stereocenters. The molecule has 9 heteroatoms. The average molecular weight is 468 g/mol. The zero-order valence-corrected chi connectivity index (χ0v) is 19.6. The number of nitrogens with zero attached hydrogens (tertiary/aromatic N) is 2. The summed E-state index contributed by atoms with van der Waals surface area (Å²) in [5.74, 6) is 4.90. The molecule has 2 amide bonds. The number of carbonyl (C=O) groups is 3. The summed E-state index contributed by atoms with van der Waals surface area (Å²) in [5.41, 5.74) is 9.56. The minimum Gasteiger partial charge on any atom is -0.382 e. The predicted octanol–water partition coefficient (Wildman–Crippen LogP) is 2.97. The van der Waals surface area contributed by atoms with Crippen molar-refractivity contribution < 1.29 is 14.4 Å². The van der Waals surface area contributed by atoms with Gasteiger partial charge in [-0.1, -0.05) is 43.3 Å². The van der Waals surface area contributed by atoms with E-state index in [2.05, 4.69) is 17.3 Å². The number of aryl methyl sites for hydroxylation is 1. The molecule has 8 nitrogen and oxygen atoms in total. The number of amides is 2. The van der Waals surface area contributed by atoms with Crippen LogP contribution in [0.25, 0.3) is 6.08 Å². The van der Waals surface area contributed by atoms with Crippen molar-refractivity contribution >= 4 is 46.8 Å². The van der Waals surface area contributed by atoms with Crippen LogP contribution in [0.2, 0.25) is 0 Å². The van der Waals surface area contributed by atoms with Crippen LogP contribution in [0.1, 0.15) is 36.5 Å². The van der Waals surface area contributed by atoms with Gasteiger partial charge in [0.25, 0.3) is 5.91 Å². The van der Waals surface area contributed by atoms with Gasteiger partial charge in [-0.25, -0.2) is 0 Å². The number of amidine groups is 1. The zero-order valence-electron chi connectivity index (χ0n) is 18.8. The van der Waals surface area contributed by atoms with E-state index in [1.165, 1.54) is 10.5 Å². The third-order valence-corrected chi connectivity index (χ3v) is 5.54. The molecule has 0 bridgehead atoms. The second-order valence-electron chi connectivity index (χ2n) is 7.29. The number of nitrogens with two attached hydrogens (primary N) is 2. The van der Waals surface area contributed by atoms with Gasteiger partial charge in [0.15, 0.2) is 5.62 Å². The minimum absolute atomic E-state index is 0.171. The predicted molar refractivity (Wildman–Crippen MR) is 135 cm³/mol. The summed E-state index contributed by atoms with van der Waals surface area (Å²) in [6.45, 7) is 2.44. The highest BCUT2D eigenvalue weighted by Gasteiger charge is 2.16. The van der Waals surface area contributed by atoms with Crippen LogP contribution in [0.5, 0.6) is 0 Å². The summed E-state index contributed by atoms with van der Waals surface area (Å²) in [4.78, 5) is 38.0. The van der Waals surface area contributed by atoms with Crippen LogP contribution in [0.3, 0.4) is 0 Å². The van der Waals surface area contributed by atoms with Crippen LogP contribution in [-0.4, -0.2) is 41.8 Å². The van der Waals surface area contributed by atoms with E-state index in [1.54, 1.807) is 37.4 Å². The van der Waals surface area contributed by atoms with Crippen molar-refractivity contribution in [3.63, 3.8) is 0 Å². The van der Waals surface area contributed by atoms with Gasteiger partial charge in [-0.05, 0) is 53.9 Å². The maximum absolute atomic E-state index is 12.8.